The molecule has 1 aromatic heterocycles. The van der Waals surface area contributed by atoms with Gasteiger partial charge in [-0.2, -0.15) is 0 Å². The number of aliphatic imine (C=N–C) groups is 1. The summed E-state index contributed by atoms with van der Waals surface area (Å²) < 4.78 is 13.1. The number of nitrogens with one attached hydrogen (secondary N) is 2. The van der Waals surface area contributed by atoms with Gasteiger partial charge in [-0.3, -0.25) is 4.99 Å². The van der Waals surface area contributed by atoms with Gasteiger partial charge < -0.3 is 15.2 Å². The van der Waals surface area contributed by atoms with Crippen molar-refractivity contribution in [2.75, 3.05) is 26.7 Å². The molecule has 6 heteroatoms. The molecule has 0 aliphatic carbocycles. The normalized spacial score (nSPS) is 14.3. The SMILES string of the molecule is CN1CCN=C1NCCc1c[nH]c2cc(F)ccc12.I. The predicted molar refractivity (Wildman–Crippen MR) is 90.3 cm³/mol. The minimum absolute atomic E-state index is 0. The van der Waals surface area contributed by atoms with Crippen LogP contribution in [-0.4, -0.2) is 42.5 Å². The third-order valence-corrected chi connectivity index (χ3v) is 3.47. The number of likely N-dealkylation sites (N-methyl/N-ethyl adjacent to an activating group) is 1. The summed E-state index contributed by atoms with van der Waals surface area (Å²) in [6.07, 6.45) is 2.84. The fourth-order valence-corrected chi connectivity index (χ4v) is 2.40. The van der Waals surface area contributed by atoms with Crippen molar-refractivity contribution in [2.24, 2.45) is 4.99 Å². The summed E-state index contributed by atoms with van der Waals surface area (Å²) in [4.78, 5) is 9.61. The Morgan fingerprint density at radius 3 is 3.05 bits per heavy atom. The molecule has 0 bridgehead atoms. The second kappa shape index (κ2) is 6.43. The molecular formula is C14H18FIN4. The van der Waals surface area contributed by atoms with Crippen molar-refractivity contribution in [1.82, 2.24) is 15.2 Å². The van der Waals surface area contributed by atoms with Crippen molar-refractivity contribution in [3.63, 3.8) is 0 Å². The van der Waals surface area contributed by atoms with Gasteiger partial charge in [0.15, 0.2) is 5.96 Å². The van der Waals surface area contributed by atoms with Crippen LogP contribution in [0.1, 0.15) is 5.56 Å². The number of rotatable bonds is 3. The van der Waals surface area contributed by atoms with Gasteiger partial charge in [-0.15, -0.1) is 24.0 Å². The largest absolute Gasteiger partial charge is 0.361 e. The van der Waals surface area contributed by atoms with Crippen molar-refractivity contribution in [3.05, 3.63) is 35.8 Å². The fourth-order valence-electron chi connectivity index (χ4n) is 2.40. The Morgan fingerprint density at radius 2 is 2.30 bits per heavy atom. The molecule has 2 heterocycles. The van der Waals surface area contributed by atoms with Crippen LogP contribution in [0.25, 0.3) is 10.9 Å². The van der Waals surface area contributed by atoms with Gasteiger partial charge in [0.25, 0.3) is 0 Å². The molecule has 2 aromatic rings. The molecule has 0 radical (unpaired) electrons. The average Bonchev–Trinajstić information content (AvgIpc) is 2.97. The molecule has 0 unspecified atom stereocenters. The first-order chi connectivity index (χ1) is 9.24. The van der Waals surface area contributed by atoms with Gasteiger partial charge in [0.05, 0.1) is 6.54 Å². The summed E-state index contributed by atoms with van der Waals surface area (Å²) in [6, 6.07) is 4.86. The summed E-state index contributed by atoms with van der Waals surface area (Å²) in [5.74, 6) is 0.756. The molecule has 0 atom stereocenters. The van der Waals surface area contributed by atoms with Gasteiger partial charge in [0, 0.05) is 37.2 Å². The lowest BCUT2D eigenvalue weighted by molar-refractivity contribution is 0.534. The summed E-state index contributed by atoms with van der Waals surface area (Å²) in [6.45, 7) is 2.67. The van der Waals surface area contributed by atoms with Gasteiger partial charge in [0.1, 0.15) is 5.82 Å². The highest BCUT2D eigenvalue weighted by Gasteiger charge is 2.11. The first-order valence-corrected chi connectivity index (χ1v) is 6.49. The molecule has 0 saturated carbocycles. The van der Waals surface area contributed by atoms with Crippen molar-refractivity contribution < 1.29 is 4.39 Å². The molecule has 108 valence electrons. The minimum Gasteiger partial charge on any atom is -0.361 e. The number of aromatic amines is 1. The molecule has 0 amide bonds. The Bertz CT molecular complexity index is 623. The van der Waals surface area contributed by atoms with Crippen LogP contribution in [0.5, 0.6) is 0 Å². The molecule has 3 rings (SSSR count). The van der Waals surface area contributed by atoms with E-state index in [1.807, 2.05) is 19.3 Å². The minimum atomic E-state index is -0.207. The van der Waals surface area contributed by atoms with Gasteiger partial charge in [-0.1, -0.05) is 0 Å². The van der Waals surface area contributed by atoms with Gasteiger partial charge in [-0.05, 0) is 30.2 Å². The van der Waals surface area contributed by atoms with E-state index in [2.05, 4.69) is 20.2 Å². The van der Waals surface area contributed by atoms with Crippen LogP contribution in [0.4, 0.5) is 4.39 Å². The average molecular weight is 388 g/mol. The van der Waals surface area contributed by atoms with E-state index in [1.54, 1.807) is 0 Å². The highest BCUT2D eigenvalue weighted by atomic mass is 127. The van der Waals surface area contributed by atoms with E-state index < -0.39 is 0 Å². The van der Waals surface area contributed by atoms with Crippen LogP contribution in [-0.2, 0) is 6.42 Å². The number of fused-ring (bicyclic) bond motifs is 1. The lowest BCUT2D eigenvalue weighted by Crippen LogP contribution is -2.36. The van der Waals surface area contributed by atoms with E-state index in [0.29, 0.717) is 0 Å². The van der Waals surface area contributed by atoms with Crippen molar-refractivity contribution in [3.8, 4) is 0 Å². The molecule has 1 aromatic carbocycles. The Labute approximate surface area is 134 Å². The number of halogens is 2. The maximum atomic E-state index is 13.1. The molecule has 0 spiro atoms. The smallest absolute Gasteiger partial charge is 0.193 e. The molecule has 2 N–H and O–H groups in total. The summed E-state index contributed by atoms with van der Waals surface area (Å²) in [5, 5.41) is 4.42. The second-order valence-electron chi connectivity index (χ2n) is 4.81. The molecule has 20 heavy (non-hydrogen) atoms. The molecule has 0 fully saturated rings. The quantitative estimate of drug-likeness (QED) is 0.794. The number of benzene rings is 1. The van der Waals surface area contributed by atoms with Crippen LogP contribution in [0, 0.1) is 5.82 Å². The van der Waals surface area contributed by atoms with Crippen molar-refractivity contribution in [1.29, 1.82) is 0 Å². The van der Waals surface area contributed by atoms with E-state index in [9.17, 15) is 4.39 Å². The number of aromatic nitrogens is 1. The highest BCUT2D eigenvalue weighted by molar-refractivity contribution is 14.0. The molecule has 4 nitrogen and oxygen atoms in total. The Hall–Kier alpha value is -1.31. The van der Waals surface area contributed by atoms with Crippen LogP contribution >= 0.6 is 24.0 Å². The van der Waals surface area contributed by atoms with Gasteiger partial charge >= 0.3 is 0 Å². The van der Waals surface area contributed by atoms with Gasteiger partial charge in [-0.25, -0.2) is 4.39 Å². The Balaban J connectivity index is 0.00000147. The first kappa shape index (κ1) is 15.1. The Morgan fingerprint density at radius 1 is 1.45 bits per heavy atom. The van der Waals surface area contributed by atoms with Crippen LogP contribution < -0.4 is 5.32 Å². The first-order valence-electron chi connectivity index (χ1n) is 6.49. The third kappa shape index (κ3) is 3.05. The number of guanidine groups is 1. The number of hydrogen-bond donors (Lipinski definition) is 2. The zero-order valence-corrected chi connectivity index (χ0v) is 13.6. The van der Waals surface area contributed by atoms with Crippen molar-refractivity contribution >= 4 is 40.8 Å². The van der Waals surface area contributed by atoms with Crippen LogP contribution in [0.2, 0.25) is 0 Å². The lowest BCUT2D eigenvalue weighted by Gasteiger charge is -2.14. The zero-order chi connectivity index (χ0) is 13.2. The third-order valence-electron chi connectivity index (χ3n) is 3.47. The molecule has 0 saturated heterocycles. The molecular weight excluding hydrogens is 370 g/mol. The summed E-state index contributed by atoms with van der Waals surface area (Å²) in [5.41, 5.74) is 2.05. The number of nitrogens with zero attached hydrogens (tertiary/aromatic N) is 2. The maximum Gasteiger partial charge on any atom is 0.193 e. The van der Waals surface area contributed by atoms with E-state index in [4.69, 9.17) is 0 Å². The lowest BCUT2D eigenvalue weighted by atomic mass is 10.1. The molecule has 1 aliphatic rings. The number of hydrogen-bond acceptors (Lipinski definition) is 3. The predicted octanol–water partition coefficient (Wildman–Crippen LogP) is 2.36. The van der Waals surface area contributed by atoms with Crippen LogP contribution in [0.15, 0.2) is 29.4 Å². The zero-order valence-electron chi connectivity index (χ0n) is 11.3. The highest BCUT2D eigenvalue weighted by Crippen LogP contribution is 2.19. The Kier molecular flexibility index (Phi) is 4.85. The maximum absolute atomic E-state index is 13.1. The monoisotopic (exact) mass is 388 g/mol. The fraction of sp³-hybridized carbons (Fsp3) is 0.357. The van der Waals surface area contributed by atoms with E-state index in [-0.39, 0.29) is 29.8 Å². The summed E-state index contributed by atoms with van der Waals surface area (Å²) >= 11 is 0. The molecule has 1 aliphatic heterocycles. The summed E-state index contributed by atoms with van der Waals surface area (Å²) in [7, 11) is 2.04. The van der Waals surface area contributed by atoms with Crippen molar-refractivity contribution in [2.45, 2.75) is 6.42 Å². The topological polar surface area (TPSA) is 43.4 Å². The number of H-pyrrole nitrogens is 1. The van der Waals surface area contributed by atoms with E-state index >= 15 is 0 Å². The van der Waals surface area contributed by atoms with E-state index in [1.165, 1.54) is 17.7 Å². The second-order valence-corrected chi connectivity index (χ2v) is 4.81. The van der Waals surface area contributed by atoms with E-state index in [0.717, 1.165) is 42.9 Å². The van der Waals surface area contributed by atoms with Gasteiger partial charge in [0.2, 0.25) is 0 Å². The van der Waals surface area contributed by atoms with Crippen LogP contribution in [0.3, 0.4) is 0 Å². The standard InChI is InChI=1S/C14H17FN4.HI/c1-19-7-6-17-14(19)16-5-4-10-9-18-13-8-11(15)2-3-12(10)13;/h2-3,8-9,18H,4-7H2,1H3,(H,16,17);1H.